The van der Waals surface area contributed by atoms with Gasteiger partial charge in [0.15, 0.2) is 0 Å². The molecule has 4 heteroatoms. The molecule has 0 aliphatic heterocycles. The number of imidazole rings is 1. The van der Waals surface area contributed by atoms with E-state index in [0.29, 0.717) is 17.0 Å². The van der Waals surface area contributed by atoms with Crippen molar-refractivity contribution in [3.8, 4) is 11.3 Å². The highest BCUT2D eigenvalue weighted by Gasteiger charge is 2.13. The first-order valence-electron chi connectivity index (χ1n) is 5.62. The van der Waals surface area contributed by atoms with Gasteiger partial charge in [-0.25, -0.2) is 9.37 Å². The number of nitrogens with zero attached hydrogens (tertiary/aromatic N) is 2. The number of pyridine rings is 1. The number of benzene rings is 1. The van der Waals surface area contributed by atoms with Gasteiger partial charge in [0.05, 0.1) is 18.0 Å². The van der Waals surface area contributed by atoms with Gasteiger partial charge in [-0.1, -0.05) is 30.3 Å². The van der Waals surface area contributed by atoms with E-state index in [0.717, 1.165) is 5.56 Å². The molecule has 0 aliphatic carbocycles. The Morgan fingerprint density at radius 2 is 1.89 bits per heavy atom. The summed E-state index contributed by atoms with van der Waals surface area (Å²) in [4.78, 5) is 4.43. The van der Waals surface area contributed by atoms with Gasteiger partial charge in [-0.3, -0.25) is 4.40 Å². The normalized spacial score (nSPS) is 11.0. The molecule has 3 nitrogen and oxygen atoms in total. The van der Waals surface area contributed by atoms with E-state index in [4.69, 9.17) is 0 Å². The maximum atomic E-state index is 13.2. The molecule has 3 rings (SSSR count). The van der Waals surface area contributed by atoms with Gasteiger partial charge in [0.1, 0.15) is 11.5 Å². The summed E-state index contributed by atoms with van der Waals surface area (Å²) >= 11 is 0. The van der Waals surface area contributed by atoms with Crippen LogP contribution in [0.15, 0.2) is 48.7 Å². The van der Waals surface area contributed by atoms with Crippen LogP contribution in [0.1, 0.15) is 5.69 Å². The number of fused-ring (bicyclic) bond motifs is 1. The van der Waals surface area contributed by atoms with Crippen molar-refractivity contribution in [1.82, 2.24) is 9.38 Å². The Balaban J connectivity index is 2.30. The summed E-state index contributed by atoms with van der Waals surface area (Å²) in [5, 5.41) is 9.47. The second-order valence-corrected chi connectivity index (χ2v) is 4.01. The van der Waals surface area contributed by atoms with Crippen molar-refractivity contribution in [3.05, 3.63) is 60.2 Å². The van der Waals surface area contributed by atoms with Crippen LogP contribution in [-0.2, 0) is 6.61 Å². The maximum absolute atomic E-state index is 13.2. The largest absolute Gasteiger partial charge is 0.390 e. The van der Waals surface area contributed by atoms with E-state index in [9.17, 15) is 9.50 Å². The number of hydrogen-bond donors (Lipinski definition) is 1. The monoisotopic (exact) mass is 242 g/mol. The molecule has 18 heavy (non-hydrogen) atoms. The van der Waals surface area contributed by atoms with Crippen LogP contribution in [0, 0.1) is 5.82 Å². The lowest BCUT2D eigenvalue weighted by Crippen LogP contribution is -1.94. The van der Waals surface area contributed by atoms with Crippen LogP contribution >= 0.6 is 0 Å². The summed E-state index contributed by atoms with van der Waals surface area (Å²) in [5.41, 5.74) is 2.81. The molecule has 0 saturated heterocycles. The molecule has 0 unspecified atom stereocenters. The number of halogens is 1. The highest BCUT2D eigenvalue weighted by atomic mass is 19.1. The van der Waals surface area contributed by atoms with Crippen LogP contribution in [-0.4, -0.2) is 14.5 Å². The highest BCUT2D eigenvalue weighted by molar-refractivity contribution is 5.66. The standard InChI is InChI=1S/C14H11FN2O/c15-11-6-7-13-16-14(10-4-2-1-3-5-10)12(9-18)17(13)8-11/h1-8,18H,9H2. The minimum absolute atomic E-state index is 0.186. The average Bonchev–Trinajstić information content (AvgIpc) is 2.77. The van der Waals surface area contributed by atoms with Crippen LogP contribution in [0.2, 0.25) is 0 Å². The van der Waals surface area contributed by atoms with Gasteiger partial charge in [0, 0.05) is 11.8 Å². The maximum Gasteiger partial charge on any atom is 0.139 e. The zero-order valence-electron chi connectivity index (χ0n) is 9.55. The third-order valence-corrected chi connectivity index (χ3v) is 2.88. The van der Waals surface area contributed by atoms with E-state index < -0.39 is 0 Å². The van der Waals surface area contributed by atoms with Crippen molar-refractivity contribution < 1.29 is 9.50 Å². The molecular weight excluding hydrogens is 231 g/mol. The van der Waals surface area contributed by atoms with Gasteiger partial charge in [-0.05, 0) is 12.1 Å². The molecule has 2 heterocycles. The molecule has 0 radical (unpaired) electrons. The average molecular weight is 242 g/mol. The molecule has 0 amide bonds. The van der Waals surface area contributed by atoms with Crippen LogP contribution in [0.4, 0.5) is 4.39 Å². The first kappa shape index (κ1) is 10.9. The van der Waals surface area contributed by atoms with Crippen molar-refractivity contribution in [2.24, 2.45) is 0 Å². The third-order valence-electron chi connectivity index (χ3n) is 2.88. The van der Waals surface area contributed by atoms with Crippen molar-refractivity contribution in [3.63, 3.8) is 0 Å². The van der Waals surface area contributed by atoms with E-state index in [2.05, 4.69) is 4.98 Å². The highest BCUT2D eigenvalue weighted by Crippen LogP contribution is 2.24. The van der Waals surface area contributed by atoms with E-state index >= 15 is 0 Å². The predicted octanol–water partition coefficient (Wildman–Crippen LogP) is 2.63. The molecule has 0 aliphatic rings. The smallest absolute Gasteiger partial charge is 0.139 e. The van der Waals surface area contributed by atoms with Crippen molar-refractivity contribution >= 4 is 5.65 Å². The number of aromatic nitrogens is 2. The molecule has 1 aromatic carbocycles. The fraction of sp³-hybridized carbons (Fsp3) is 0.0714. The van der Waals surface area contributed by atoms with E-state index in [1.165, 1.54) is 12.3 Å². The molecule has 0 saturated carbocycles. The molecule has 90 valence electrons. The summed E-state index contributed by atoms with van der Waals surface area (Å²) in [6, 6.07) is 12.5. The zero-order valence-corrected chi connectivity index (χ0v) is 9.55. The fourth-order valence-electron chi connectivity index (χ4n) is 2.05. The van der Waals surface area contributed by atoms with E-state index in [-0.39, 0.29) is 12.4 Å². The van der Waals surface area contributed by atoms with Gasteiger partial charge in [0.25, 0.3) is 0 Å². The van der Waals surface area contributed by atoms with Crippen LogP contribution in [0.3, 0.4) is 0 Å². The van der Waals surface area contributed by atoms with Gasteiger partial charge in [-0.15, -0.1) is 0 Å². The molecular formula is C14H11FN2O. The first-order chi connectivity index (χ1) is 8.79. The molecule has 1 N–H and O–H groups in total. The minimum Gasteiger partial charge on any atom is -0.390 e. The molecule has 0 fully saturated rings. The zero-order chi connectivity index (χ0) is 12.5. The van der Waals surface area contributed by atoms with E-state index in [1.807, 2.05) is 30.3 Å². The topological polar surface area (TPSA) is 37.5 Å². The Morgan fingerprint density at radius 1 is 1.11 bits per heavy atom. The van der Waals surface area contributed by atoms with E-state index in [1.54, 1.807) is 10.5 Å². The SMILES string of the molecule is OCc1c(-c2ccccc2)nc2ccc(F)cn12. The van der Waals surface area contributed by atoms with Gasteiger partial charge < -0.3 is 5.11 Å². The summed E-state index contributed by atoms with van der Waals surface area (Å²) < 4.78 is 14.8. The Morgan fingerprint density at radius 3 is 2.61 bits per heavy atom. The van der Waals surface area contributed by atoms with Gasteiger partial charge in [0.2, 0.25) is 0 Å². The van der Waals surface area contributed by atoms with Crippen molar-refractivity contribution in [2.45, 2.75) is 6.61 Å². The number of aliphatic hydroxyl groups is 1. The second-order valence-electron chi connectivity index (χ2n) is 4.01. The quantitative estimate of drug-likeness (QED) is 0.750. The van der Waals surface area contributed by atoms with Crippen molar-refractivity contribution in [2.75, 3.05) is 0 Å². The Hall–Kier alpha value is -2.20. The second kappa shape index (κ2) is 4.23. The van der Waals surface area contributed by atoms with Crippen LogP contribution in [0.25, 0.3) is 16.9 Å². The number of aliphatic hydroxyl groups excluding tert-OH is 1. The molecule has 3 aromatic rings. The summed E-state index contributed by atoms with van der Waals surface area (Å²) in [6.45, 7) is -0.186. The van der Waals surface area contributed by atoms with Crippen LogP contribution < -0.4 is 0 Å². The summed E-state index contributed by atoms with van der Waals surface area (Å²) in [7, 11) is 0. The number of rotatable bonds is 2. The Labute approximate surface area is 103 Å². The molecule has 0 atom stereocenters. The fourth-order valence-corrected chi connectivity index (χ4v) is 2.05. The predicted molar refractivity (Wildman–Crippen MR) is 66.5 cm³/mol. The molecule has 0 spiro atoms. The lowest BCUT2D eigenvalue weighted by molar-refractivity contribution is 0.276. The van der Waals surface area contributed by atoms with Crippen LogP contribution in [0.5, 0.6) is 0 Å². The van der Waals surface area contributed by atoms with Gasteiger partial charge >= 0.3 is 0 Å². The summed E-state index contributed by atoms with van der Waals surface area (Å²) in [5.74, 6) is -0.353. The lowest BCUT2D eigenvalue weighted by atomic mass is 10.1. The number of hydrogen-bond acceptors (Lipinski definition) is 2. The minimum atomic E-state index is -0.353. The Kier molecular flexibility index (Phi) is 2.57. The van der Waals surface area contributed by atoms with Crippen molar-refractivity contribution in [1.29, 1.82) is 0 Å². The molecule has 2 aromatic heterocycles. The lowest BCUT2D eigenvalue weighted by Gasteiger charge is -2.01. The molecule has 0 bridgehead atoms. The third kappa shape index (κ3) is 1.67. The Bertz CT molecular complexity index is 692. The van der Waals surface area contributed by atoms with Gasteiger partial charge in [-0.2, -0.15) is 0 Å². The summed E-state index contributed by atoms with van der Waals surface area (Å²) in [6.07, 6.45) is 1.33. The first-order valence-corrected chi connectivity index (χ1v) is 5.62.